The fourth-order valence-corrected chi connectivity index (χ4v) is 2.71. The van der Waals surface area contributed by atoms with Crippen molar-refractivity contribution in [3.8, 4) is 0 Å². The minimum atomic E-state index is 0.385. The monoisotopic (exact) mass is 312 g/mol. The molecule has 0 spiro atoms. The van der Waals surface area contributed by atoms with Crippen LogP contribution in [0.4, 0.5) is 0 Å². The van der Waals surface area contributed by atoms with E-state index in [4.69, 9.17) is 4.74 Å². The largest absolute Gasteiger partial charge is 0.380 e. The van der Waals surface area contributed by atoms with Crippen LogP contribution in [0.5, 0.6) is 0 Å². The van der Waals surface area contributed by atoms with Crippen molar-refractivity contribution in [2.24, 2.45) is 0 Å². The molecule has 1 saturated heterocycles. The van der Waals surface area contributed by atoms with E-state index in [9.17, 15) is 0 Å². The van der Waals surface area contributed by atoms with Crippen molar-refractivity contribution in [1.29, 1.82) is 0 Å². The first kappa shape index (κ1) is 14.0. The Hall–Kier alpha value is -0.420. The molecule has 0 saturated carbocycles. The van der Waals surface area contributed by atoms with Gasteiger partial charge >= 0.3 is 0 Å². The highest BCUT2D eigenvalue weighted by Gasteiger charge is 2.24. The lowest BCUT2D eigenvalue weighted by molar-refractivity contribution is 0.116. The van der Waals surface area contributed by atoms with E-state index in [2.05, 4.69) is 57.5 Å². The Morgan fingerprint density at radius 3 is 2.72 bits per heavy atom. The van der Waals surface area contributed by atoms with Crippen LogP contribution in [-0.4, -0.2) is 44.3 Å². The van der Waals surface area contributed by atoms with E-state index in [1.54, 1.807) is 7.11 Å². The summed E-state index contributed by atoms with van der Waals surface area (Å²) in [7, 11) is 3.96. The molecule has 18 heavy (non-hydrogen) atoms. The molecule has 1 aliphatic heterocycles. The van der Waals surface area contributed by atoms with Crippen LogP contribution >= 0.6 is 15.9 Å². The summed E-state index contributed by atoms with van der Waals surface area (Å²) in [5.74, 6) is 0. The van der Waals surface area contributed by atoms with Gasteiger partial charge in [-0.3, -0.25) is 0 Å². The van der Waals surface area contributed by atoms with Gasteiger partial charge < -0.3 is 15.0 Å². The summed E-state index contributed by atoms with van der Waals surface area (Å²) >= 11 is 3.46. The molecule has 2 rings (SSSR count). The zero-order valence-electron chi connectivity index (χ0n) is 11.0. The van der Waals surface area contributed by atoms with Gasteiger partial charge in [0.05, 0.1) is 6.10 Å². The number of benzene rings is 1. The van der Waals surface area contributed by atoms with Crippen molar-refractivity contribution >= 4 is 15.9 Å². The molecule has 1 aliphatic rings. The van der Waals surface area contributed by atoms with Crippen LogP contribution in [0.3, 0.4) is 0 Å². The predicted molar refractivity (Wildman–Crippen MR) is 77.7 cm³/mol. The molecule has 1 N–H and O–H groups in total. The molecule has 1 aromatic carbocycles. The normalized spacial score (nSPS) is 23.8. The first-order chi connectivity index (χ1) is 8.67. The second-order valence-electron chi connectivity index (χ2n) is 5.02. The molecule has 0 amide bonds. The first-order valence-electron chi connectivity index (χ1n) is 6.36. The summed E-state index contributed by atoms with van der Waals surface area (Å²) in [6, 6.07) is 9.08. The van der Waals surface area contributed by atoms with Crippen LogP contribution in [0.2, 0.25) is 0 Å². The summed E-state index contributed by atoms with van der Waals surface area (Å²) in [4.78, 5) is 2.36. The third kappa shape index (κ3) is 4.05. The smallest absolute Gasteiger partial charge is 0.0711 e. The lowest BCUT2D eigenvalue weighted by Crippen LogP contribution is -2.34. The molecule has 0 bridgehead atoms. The third-order valence-corrected chi connectivity index (χ3v) is 3.94. The lowest BCUT2D eigenvalue weighted by atomic mass is 10.1. The van der Waals surface area contributed by atoms with Gasteiger partial charge in [-0.1, -0.05) is 28.1 Å². The molecule has 1 aromatic rings. The average Bonchev–Trinajstić information content (AvgIpc) is 2.79. The summed E-state index contributed by atoms with van der Waals surface area (Å²) in [6.45, 7) is 3.03. The molecule has 0 radical (unpaired) electrons. The van der Waals surface area contributed by atoms with Crippen molar-refractivity contribution in [3.63, 3.8) is 0 Å². The van der Waals surface area contributed by atoms with Gasteiger partial charge in [-0.15, -0.1) is 0 Å². The van der Waals surface area contributed by atoms with Crippen LogP contribution in [0.25, 0.3) is 0 Å². The van der Waals surface area contributed by atoms with Gasteiger partial charge in [0.2, 0.25) is 0 Å². The number of methoxy groups -OCH3 is 1. The summed E-state index contributed by atoms with van der Waals surface area (Å²) in [5.41, 5.74) is 1.35. The molecular weight excluding hydrogens is 292 g/mol. The van der Waals surface area contributed by atoms with E-state index in [1.165, 1.54) is 5.56 Å². The number of halogens is 1. The van der Waals surface area contributed by atoms with Crippen LogP contribution in [0, 0.1) is 0 Å². The summed E-state index contributed by atoms with van der Waals surface area (Å²) in [6.07, 6.45) is 1.50. The quantitative estimate of drug-likeness (QED) is 0.902. The second kappa shape index (κ2) is 6.66. The molecule has 3 nitrogen and oxygen atoms in total. The van der Waals surface area contributed by atoms with Crippen LogP contribution in [-0.2, 0) is 11.3 Å². The van der Waals surface area contributed by atoms with Gasteiger partial charge in [0, 0.05) is 37.3 Å². The van der Waals surface area contributed by atoms with Crippen molar-refractivity contribution in [3.05, 3.63) is 34.3 Å². The maximum absolute atomic E-state index is 5.37. The number of hydrogen-bond acceptors (Lipinski definition) is 3. The Morgan fingerprint density at radius 1 is 1.39 bits per heavy atom. The Bertz CT molecular complexity index is 369. The molecular formula is C14H21BrN2O. The van der Waals surface area contributed by atoms with Crippen molar-refractivity contribution < 1.29 is 4.74 Å². The Labute approximate surface area is 118 Å². The highest BCUT2D eigenvalue weighted by molar-refractivity contribution is 9.10. The van der Waals surface area contributed by atoms with E-state index in [0.29, 0.717) is 12.1 Å². The van der Waals surface area contributed by atoms with Crippen molar-refractivity contribution in [2.45, 2.75) is 25.1 Å². The van der Waals surface area contributed by atoms with Gasteiger partial charge in [0.15, 0.2) is 0 Å². The second-order valence-corrected chi connectivity index (χ2v) is 5.94. The molecule has 2 unspecified atom stereocenters. The standard InChI is InChI=1S/C14H21BrN2O/c1-17(9-11-3-5-12(15)6-4-11)10-13-7-14(18-2)8-16-13/h3-6,13-14,16H,7-10H2,1-2H3. The maximum Gasteiger partial charge on any atom is 0.0711 e. The van der Waals surface area contributed by atoms with E-state index in [0.717, 1.165) is 30.5 Å². The molecule has 1 fully saturated rings. The average molecular weight is 313 g/mol. The maximum atomic E-state index is 5.37. The number of nitrogens with zero attached hydrogens (tertiary/aromatic N) is 1. The Balaban J connectivity index is 1.78. The number of rotatable bonds is 5. The molecule has 4 heteroatoms. The highest BCUT2D eigenvalue weighted by atomic mass is 79.9. The fraction of sp³-hybridized carbons (Fsp3) is 0.571. The van der Waals surface area contributed by atoms with Gasteiger partial charge in [-0.05, 0) is 31.2 Å². The van der Waals surface area contributed by atoms with Gasteiger partial charge in [0.1, 0.15) is 0 Å². The number of likely N-dealkylation sites (N-methyl/N-ethyl adjacent to an activating group) is 1. The molecule has 0 aliphatic carbocycles. The van der Waals surface area contributed by atoms with Crippen molar-refractivity contribution in [1.82, 2.24) is 10.2 Å². The van der Waals surface area contributed by atoms with E-state index in [-0.39, 0.29) is 0 Å². The Kier molecular flexibility index (Phi) is 5.18. The summed E-state index contributed by atoms with van der Waals surface area (Å²) in [5, 5.41) is 3.51. The Morgan fingerprint density at radius 2 is 2.11 bits per heavy atom. The van der Waals surface area contributed by atoms with Crippen molar-refractivity contribution in [2.75, 3.05) is 27.2 Å². The van der Waals surface area contributed by atoms with Crippen LogP contribution in [0.1, 0.15) is 12.0 Å². The molecule has 0 aromatic heterocycles. The fourth-order valence-electron chi connectivity index (χ4n) is 2.44. The summed E-state index contributed by atoms with van der Waals surface area (Å²) < 4.78 is 6.50. The number of hydrogen-bond donors (Lipinski definition) is 1. The van der Waals surface area contributed by atoms with Gasteiger partial charge in [-0.25, -0.2) is 0 Å². The molecule has 1 heterocycles. The minimum Gasteiger partial charge on any atom is -0.380 e. The van der Waals surface area contributed by atoms with Crippen LogP contribution in [0.15, 0.2) is 28.7 Å². The van der Waals surface area contributed by atoms with Gasteiger partial charge in [-0.2, -0.15) is 0 Å². The van der Waals surface area contributed by atoms with E-state index >= 15 is 0 Å². The first-order valence-corrected chi connectivity index (χ1v) is 7.16. The zero-order chi connectivity index (χ0) is 13.0. The lowest BCUT2D eigenvalue weighted by Gasteiger charge is -2.21. The highest BCUT2D eigenvalue weighted by Crippen LogP contribution is 2.14. The third-order valence-electron chi connectivity index (χ3n) is 3.41. The molecule has 100 valence electrons. The van der Waals surface area contributed by atoms with Gasteiger partial charge in [0.25, 0.3) is 0 Å². The number of nitrogens with one attached hydrogen (secondary N) is 1. The zero-order valence-corrected chi connectivity index (χ0v) is 12.6. The SMILES string of the molecule is COC1CNC(CN(C)Cc2ccc(Br)cc2)C1. The van der Waals surface area contributed by atoms with Crippen LogP contribution < -0.4 is 5.32 Å². The topological polar surface area (TPSA) is 24.5 Å². The van der Waals surface area contributed by atoms with E-state index in [1.807, 2.05) is 0 Å². The molecule has 2 atom stereocenters. The predicted octanol–water partition coefficient (Wildman–Crippen LogP) is 2.26. The van der Waals surface area contributed by atoms with E-state index < -0.39 is 0 Å². The minimum absolute atomic E-state index is 0.385. The number of ether oxygens (including phenoxy) is 1.